The molecule has 4 heteroatoms. The second-order valence-electron chi connectivity index (χ2n) is 3.69. The number of aromatic carboxylic acids is 1. The monoisotopic (exact) mass is 257 g/mol. The van der Waals surface area contributed by atoms with Crippen molar-refractivity contribution in [1.82, 2.24) is 0 Å². The lowest BCUT2D eigenvalue weighted by Crippen LogP contribution is -1.96. The Morgan fingerprint density at radius 2 is 1.83 bits per heavy atom. The van der Waals surface area contributed by atoms with E-state index in [2.05, 4.69) is 0 Å². The summed E-state index contributed by atoms with van der Waals surface area (Å²) in [7, 11) is 0. The largest absolute Gasteiger partial charge is 0.478 e. The van der Waals surface area contributed by atoms with Gasteiger partial charge in [0.25, 0.3) is 0 Å². The summed E-state index contributed by atoms with van der Waals surface area (Å²) in [6, 6.07) is 13.4. The molecule has 0 saturated heterocycles. The molecule has 0 aliphatic heterocycles. The van der Waals surface area contributed by atoms with Crippen molar-refractivity contribution in [2.24, 2.45) is 0 Å². The molecule has 0 radical (unpaired) electrons. The quantitative estimate of drug-likeness (QED) is 0.894. The highest BCUT2D eigenvalue weighted by atomic mass is 35.5. The molecule has 18 heavy (non-hydrogen) atoms. The Labute approximate surface area is 109 Å². The van der Waals surface area contributed by atoms with Crippen molar-refractivity contribution in [3.05, 3.63) is 58.6 Å². The third-order valence-electron chi connectivity index (χ3n) is 2.54. The van der Waals surface area contributed by atoms with Crippen LogP contribution in [0.25, 0.3) is 11.1 Å². The van der Waals surface area contributed by atoms with Gasteiger partial charge in [-0.25, -0.2) is 4.79 Å². The van der Waals surface area contributed by atoms with Crippen molar-refractivity contribution >= 4 is 17.6 Å². The average Bonchev–Trinajstić information content (AvgIpc) is 2.39. The van der Waals surface area contributed by atoms with Gasteiger partial charge in [0.1, 0.15) is 0 Å². The summed E-state index contributed by atoms with van der Waals surface area (Å²) >= 11 is 6.05. The zero-order chi connectivity index (χ0) is 13.1. The molecule has 0 atom stereocenters. The Hall–Kier alpha value is -2.31. The first kappa shape index (κ1) is 12.2. The topological polar surface area (TPSA) is 61.1 Å². The first-order valence-corrected chi connectivity index (χ1v) is 5.53. The molecule has 0 heterocycles. The molecular weight excluding hydrogens is 250 g/mol. The van der Waals surface area contributed by atoms with Gasteiger partial charge in [-0.1, -0.05) is 23.7 Å². The highest BCUT2D eigenvalue weighted by Gasteiger charge is 2.09. The van der Waals surface area contributed by atoms with Crippen LogP contribution in [0.2, 0.25) is 5.02 Å². The standard InChI is InChI=1S/C14H8ClNO2/c15-13-6-5-11(14(17)18)7-12(13)10-3-1-9(8-16)2-4-10/h1-7H,(H,17,18). The predicted octanol–water partition coefficient (Wildman–Crippen LogP) is 3.58. The summed E-state index contributed by atoms with van der Waals surface area (Å²) in [6.45, 7) is 0. The lowest BCUT2D eigenvalue weighted by molar-refractivity contribution is 0.0697. The molecule has 0 fully saturated rings. The van der Waals surface area contributed by atoms with Crippen molar-refractivity contribution < 1.29 is 9.90 Å². The van der Waals surface area contributed by atoms with Crippen LogP contribution in [-0.2, 0) is 0 Å². The lowest BCUT2D eigenvalue weighted by Gasteiger charge is -2.06. The smallest absolute Gasteiger partial charge is 0.335 e. The van der Waals surface area contributed by atoms with E-state index in [1.807, 2.05) is 6.07 Å². The zero-order valence-electron chi connectivity index (χ0n) is 9.22. The molecule has 1 N–H and O–H groups in total. The van der Waals surface area contributed by atoms with Crippen LogP contribution in [0.5, 0.6) is 0 Å². The molecule has 0 amide bonds. The van der Waals surface area contributed by atoms with Gasteiger partial charge in [-0.15, -0.1) is 0 Å². The fourth-order valence-electron chi connectivity index (χ4n) is 1.60. The molecule has 0 aliphatic rings. The summed E-state index contributed by atoms with van der Waals surface area (Å²) in [5, 5.41) is 18.1. The molecule has 0 bridgehead atoms. The van der Waals surface area contributed by atoms with Gasteiger partial charge in [-0.3, -0.25) is 0 Å². The Morgan fingerprint density at radius 3 is 2.39 bits per heavy atom. The van der Waals surface area contributed by atoms with Crippen molar-refractivity contribution in [2.45, 2.75) is 0 Å². The molecule has 88 valence electrons. The van der Waals surface area contributed by atoms with E-state index in [0.717, 1.165) is 5.56 Å². The van der Waals surface area contributed by atoms with Gasteiger partial charge >= 0.3 is 5.97 Å². The van der Waals surface area contributed by atoms with Crippen molar-refractivity contribution in [1.29, 1.82) is 5.26 Å². The molecule has 0 aromatic heterocycles. The number of nitriles is 1. The Bertz CT molecular complexity index is 642. The molecule has 2 rings (SSSR count). The van der Waals surface area contributed by atoms with Crippen LogP contribution < -0.4 is 0 Å². The molecule has 0 spiro atoms. The molecule has 2 aromatic rings. The van der Waals surface area contributed by atoms with E-state index in [-0.39, 0.29) is 5.56 Å². The van der Waals surface area contributed by atoms with Gasteiger partial charge < -0.3 is 5.11 Å². The summed E-state index contributed by atoms with van der Waals surface area (Å²) in [5.41, 5.74) is 2.14. The minimum Gasteiger partial charge on any atom is -0.478 e. The van der Waals surface area contributed by atoms with E-state index in [1.54, 1.807) is 30.3 Å². The van der Waals surface area contributed by atoms with Crippen LogP contribution in [0.15, 0.2) is 42.5 Å². The Morgan fingerprint density at radius 1 is 1.17 bits per heavy atom. The minimum absolute atomic E-state index is 0.179. The highest BCUT2D eigenvalue weighted by Crippen LogP contribution is 2.29. The molecule has 0 unspecified atom stereocenters. The molecule has 0 saturated carbocycles. The molecule has 2 aromatic carbocycles. The number of benzene rings is 2. The van der Waals surface area contributed by atoms with Crippen molar-refractivity contribution in [2.75, 3.05) is 0 Å². The third kappa shape index (κ3) is 2.34. The van der Waals surface area contributed by atoms with Crippen LogP contribution in [0.1, 0.15) is 15.9 Å². The van der Waals surface area contributed by atoms with E-state index in [0.29, 0.717) is 16.1 Å². The van der Waals surface area contributed by atoms with Crippen LogP contribution in [-0.4, -0.2) is 11.1 Å². The van der Waals surface area contributed by atoms with Gasteiger partial charge in [0.2, 0.25) is 0 Å². The number of carboxylic acids is 1. The second kappa shape index (κ2) is 4.91. The Balaban J connectivity index is 2.52. The van der Waals surface area contributed by atoms with E-state index in [1.165, 1.54) is 12.1 Å². The van der Waals surface area contributed by atoms with Gasteiger partial charge in [0.15, 0.2) is 0 Å². The number of carbonyl (C=O) groups is 1. The van der Waals surface area contributed by atoms with E-state index in [9.17, 15) is 4.79 Å². The first-order valence-electron chi connectivity index (χ1n) is 5.15. The number of hydrogen-bond donors (Lipinski definition) is 1. The summed E-state index contributed by atoms with van der Waals surface area (Å²) in [5.74, 6) is -0.999. The van der Waals surface area contributed by atoms with Gasteiger partial charge in [0, 0.05) is 10.6 Å². The number of carboxylic acid groups (broad SMARTS) is 1. The van der Waals surface area contributed by atoms with Crippen LogP contribution in [0.3, 0.4) is 0 Å². The summed E-state index contributed by atoms with van der Waals surface area (Å²) in [4.78, 5) is 10.9. The fourth-order valence-corrected chi connectivity index (χ4v) is 1.83. The van der Waals surface area contributed by atoms with E-state index >= 15 is 0 Å². The number of nitrogens with zero attached hydrogens (tertiary/aromatic N) is 1. The third-order valence-corrected chi connectivity index (χ3v) is 2.87. The number of halogens is 1. The fraction of sp³-hybridized carbons (Fsp3) is 0. The molecular formula is C14H8ClNO2. The SMILES string of the molecule is N#Cc1ccc(-c2cc(C(=O)O)ccc2Cl)cc1. The Kier molecular flexibility index (Phi) is 3.31. The number of hydrogen-bond acceptors (Lipinski definition) is 2. The summed E-state index contributed by atoms with van der Waals surface area (Å²) < 4.78 is 0. The van der Waals surface area contributed by atoms with Crippen LogP contribution >= 0.6 is 11.6 Å². The van der Waals surface area contributed by atoms with E-state index in [4.69, 9.17) is 22.0 Å². The van der Waals surface area contributed by atoms with Crippen molar-refractivity contribution in [3.8, 4) is 17.2 Å². The van der Waals surface area contributed by atoms with E-state index < -0.39 is 5.97 Å². The zero-order valence-corrected chi connectivity index (χ0v) is 9.98. The average molecular weight is 258 g/mol. The number of rotatable bonds is 2. The van der Waals surface area contributed by atoms with Crippen LogP contribution in [0.4, 0.5) is 0 Å². The summed E-state index contributed by atoms with van der Waals surface area (Å²) in [6.07, 6.45) is 0. The maximum absolute atomic E-state index is 10.9. The predicted molar refractivity (Wildman–Crippen MR) is 68.6 cm³/mol. The maximum Gasteiger partial charge on any atom is 0.335 e. The molecule has 3 nitrogen and oxygen atoms in total. The highest BCUT2D eigenvalue weighted by molar-refractivity contribution is 6.33. The van der Waals surface area contributed by atoms with Crippen LogP contribution in [0, 0.1) is 11.3 Å². The van der Waals surface area contributed by atoms with Gasteiger partial charge in [0.05, 0.1) is 17.2 Å². The minimum atomic E-state index is -0.999. The molecule has 0 aliphatic carbocycles. The van der Waals surface area contributed by atoms with Gasteiger partial charge in [-0.05, 0) is 35.9 Å². The second-order valence-corrected chi connectivity index (χ2v) is 4.10. The lowest BCUT2D eigenvalue weighted by atomic mass is 10.0. The van der Waals surface area contributed by atoms with Crippen molar-refractivity contribution in [3.63, 3.8) is 0 Å². The first-order chi connectivity index (χ1) is 8.61. The maximum atomic E-state index is 10.9. The normalized spacial score (nSPS) is 9.78. The van der Waals surface area contributed by atoms with Gasteiger partial charge in [-0.2, -0.15) is 5.26 Å².